The predicted molar refractivity (Wildman–Crippen MR) is 136 cm³/mol. The van der Waals surface area contributed by atoms with Crippen molar-refractivity contribution in [2.75, 3.05) is 30.9 Å². The molecule has 0 unspecified atom stereocenters. The Kier molecular flexibility index (Phi) is 17.6. The number of hydrogen-bond donors (Lipinski definition) is 4. The number of esters is 1. The molecule has 0 aliphatic rings. The van der Waals surface area contributed by atoms with Crippen LogP contribution < -0.4 is 17.2 Å². The molecule has 0 radical (unpaired) electrons. The van der Waals surface area contributed by atoms with Gasteiger partial charge in [-0.2, -0.15) is 4.39 Å². The van der Waals surface area contributed by atoms with Crippen LogP contribution in [0, 0.1) is 60.9 Å². The number of halogens is 7. The predicted octanol–water partition coefficient (Wildman–Crippen LogP) is 4.77. The highest BCUT2D eigenvalue weighted by molar-refractivity contribution is 5.65. The van der Waals surface area contributed by atoms with E-state index in [1.165, 1.54) is 6.92 Å². The summed E-state index contributed by atoms with van der Waals surface area (Å²) in [5, 5.41) is 27.1. The van der Waals surface area contributed by atoms with Crippen LogP contribution >= 0.6 is 0 Å². The van der Waals surface area contributed by atoms with Crippen molar-refractivity contribution in [1.82, 2.24) is 0 Å². The van der Waals surface area contributed by atoms with Crippen molar-refractivity contribution < 1.29 is 55.2 Å². The molecule has 0 aliphatic heterocycles. The van der Waals surface area contributed by atoms with Crippen molar-refractivity contribution in [3.05, 3.63) is 97.3 Å². The molecule has 232 valence electrons. The van der Waals surface area contributed by atoms with E-state index in [9.17, 15) is 55.8 Å². The molecule has 0 heterocycles. The molecule has 0 aromatic heterocycles. The zero-order valence-electron chi connectivity index (χ0n) is 21.8. The van der Waals surface area contributed by atoms with Crippen LogP contribution in [0.15, 0.2) is 36.4 Å². The Bertz CT molecular complexity index is 1260. The van der Waals surface area contributed by atoms with E-state index in [1.807, 2.05) is 0 Å². The van der Waals surface area contributed by atoms with Crippen molar-refractivity contribution in [3.8, 4) is 0 Å². The number of carbonyl (C=O) groups is 1. The molecule has 3 aromatic carbocycles. The third-order valence-electron chi connectivity index (χ3n) is 3.93. The summed E-state index contributed by atoms with van der Waals surface area (Å²) in [6.45, 7) is 3.65. The van der Waals surface area contributed by atoms with Crippen molar-refractivity contribution in [2.45, 2.75) is 13.8 Å². The first-order chi connectivity index (χ1) is 19.4. The van der Waals surface area contributed by atoms with Gasteiger partial charge in [0.25, 0.3) is 5.69 Å². The highest BCUT2D eigenvalue weighted by Crippen LogP contribution is 2.24. The molecule has 0 fully saturated rings. The van der Waals surface area contributed by atoms with Crippen LogP contribution in [0.1, 0.15) is 13.8 Å². The first kappa shape index (κ1) is 38.9. The number of aliphatic hydroxyl groups is 1. The van der Waals surface area contributed by atoms with Gasteiger partial charge in [-0.25, -0.2) is 26.3 Å². The van der Waals surface area contributed by atoms with Gasteiger partial charge in [-0.1, -0.05) is 0 Å². The standard InChI is InChI=1S/C6H2F3NO2.C6H4F2N2O2.C6H6F2N2.C4H8O2.CH4O/c2*7-3-1-5(9)6(10(11)12)2-4(3)8;7-3-1-5(9)6(10)2-4(3)8;1-3-6-4(2)5;1-2/h1-2H;1-2H,9H2;1-2H,9-10H2;3H2,1-2H3;2H,1H3. The summed E-state index contributed by atoms with van der Waals surface area (Å²) in [6.07, 6.45) is 0. The van der Waals surface area contributed by atoms with E-state index in [4.69, 9.17) is 22.3 Å². The maximum absolute atomic E-state index is 12.4. The Labute approximate surface area is 232 Å². The fourth-order valence-corrected chi connectivity index (χ4v) is 2.14. The molecule has 0 bridgehead atoms. The molecule has 0 saturated carbocycles. The van der Waals surface area contributed by atoms with Gasteiger partial charge in [0.1, 0.15) is 5.69 Å². The van der Waals surface area contributed by atoms with Gasteiger partial charge in [-0.05, 0) is 6.92 Å². The summed E-state index contributed by atoms with van der Waals surface area (Å²) in [7, 11) is 1.00. The van der Waals surface area contributed by atoms with Gasteiger partial charge in [-0.15, -0.1) is 0 Å². The number of carbonyl (C=O) groups excluding carboxylic acids is 1. The van der Waals surface area contributed by atoms with E-state index in [1.54, 1.807) is 6.92 Å². The molecule has 0 spiro atoms. The van der Waals surface area contributed by atoms with Gasteiger partial charge in [-0.3, -0.25) is 25.0 Å². The van der Waals surface area contributed by atoms with Crippen LogP contribution in [-0.2, 0) is 9.53 Å². The van der Waals surface area contributed by atoms with E-state index in [2.05, 4.69) is 4.74 Å². The topological polar surface area (TPSA) is 211 Å². The lowest BCUT2D eigenvalue weighted by Gasteiger charge is -1.98. The molecular weight excluding hydrogens is 591 g/mol. The zero-order valence-corrected chi connectivity index (χ0v) is 21.8. The van der Waals surface area contributed by atoms with E-state index in [-0.39, 0.29) is 35.2 Å². The average molecular weight is 615 g/mol. The number of benzene rings is 3. The van der Waals surface area contributed by atoms with Crippen molar-refractivity contribution in [2.24, 2.45) is 0 Å². The minimum atomic E-state index is -1.45. The van der Waals surface area contributed by atoms with Crippen LogP contribution in [0.25, 0.3) is 0 Å². The number of nitrogens with two attached hydrogens (primary N) is 3. The van der Waals surface area contributed by atoms with Gasteiger partial charge in [0.2, 0.25) is 5.82 Å². The van der Waals surface area contributed by atoms with Gasteiger partial charge in [0.15, 0.2) is 34.9 Å². The number of hydrogen-bond acceptors (Lipinski definition) is 10. The fourth-order valence-electron chi connectivity index (χ4n) is 2.14. The van der Waals surface area contributed by atoms with Crippen LogP contribution in [0.4, 0.5) is 59.2 Å². The molecule has 3 rings (SSSR count). The fraction of sp³-hybridized carbons (Fsp3) is 0.174. The number of anilines is 3. The number of nitro benzene ring substituents is 2. The first-order valence-electron chi connectivity index (χ1n) is 10.7. The van der Waals surface area contributed by atoms with Gasteiger partial charge < -0.3 is 27.0 Å². The second-order valence-corrected chi connectivity index (χ2v) is 6.88. The van der Waals surface area contributed by atoms with Crippen molar-refractivity contribution >= 4 is 34.4 Å². The smallest absolute Gasteiger partial charge is 0.307 e. The molecule has 12 nitrogen and oxygen atoms in total. The quantitative estimate of drug-likeness (QED) is 0.0791. The molecule has 0 amide bonds. The van der Waals surface area contributed by atoms with Gasteiger partial charge >= 0.3 is 11.7 Å². The molecule has 0 atom stereocenters. The third kappa shape index (κ3) is 13.7. The second kappa shape index (κ2) is 19.0. The van der Waals surface area contributed by atoms with Crippen LogP contribution in [-0.4, -0.2) is 34.6 Å². The number of rotatable bonds is 3. The second-order valence-electron chi connectivity index (χ2n) is 6.88. The molecule has 19 heteroatoms. The monoisotopic (exact) mass is 615 g/mol. The normalized spacial score (nSPS) is 9.21. The SMILES string of the molecule is CCOC(C)=O.CO.Nc1cc(F)c(F)cc1N.Nc1cc(F)c(F)cc1[N+](=O)[O-].O=[N+]([O-])c1cc(F)c(F)cc1F. The molecule has 42 heavy (non-hydrogen) atoms. The first-order valence-corrected chi connectivity index (χ1v) is 10.7. The maximum atomic E-state index is 12.4. The van der Waals surface area contributed by atoms with Crippen molar-refractivity contribution in [1.29, 1.82) is 0 Å². The summed E-state index contributed by atoms with van der Waals surface area (Å²) in [5.74, 6) is -8.93. The number of nitrogen functional groups attached to an aromatic ring is 3. The highest BCUT2D eigenvalue weighted by atomic mass is 19.2. The number of aliphatic hydroxyl groups excluding tert-OH is 1. The molecular formula is C23H24F7N5O7. The maximum Gasteiger partial charge on any atom is 0.307 e. The Balaban J connectivity index is 0. The van der Waals surface area contributed by atoms with Crippen LogP contribution in [0.2, 0.25) is 0 Å². The minimum Gasteiger partial charge on any atom is -0.466 e. The van der Waals surface area contributed by atoms with Gasteiger partial charge in [0.05, 0.1) is 40.0 Å². The lowest BCUT2D eigenvalue weighted by Crippen LogP contribution is -1.98. The highest BCUT2D eigenvalue weighted by Gasteiger charge is 2.18. The summed E-state index contributed by atoms with van der Waals surface area (Å²) in [6, 6.07) is 3.06. The Hall–Kier alpha value is -5.20. The zero-order chi connectivity index (χ0) is 33.3. The number of ether oxygens (including phenoxy) is 1. The largest absolute Gasteiger partial charge is 0.466 e. The summed E-state index contributed by atoms with van der Waals surface area (Å²) in [5.41, 5.74) is 13.4. The van der Waals surface area contributed by atoms with E-state index >= 15 is 0 Å². The summed E-state index contributed by atoms with van der Waals surface area (Å²) < 4.78 is 90.5. The summed E-state index contributed by atoms with van der Waals surface area (Å²) in [4.78, 5) is 27.9. The molecule has 0 aliphatic carbocycles. The molecule has 3 aromatic rings. The van der Waals surface area contributed by atoms with E-state index in [0.717, 1.165) is 19.2 Å². The number of nitrogens with zero attached hydrogens (tertiary/aromatic N) is 2. The van der Waals surface area contributed by atoms with Crippen molar-refractivity contribution in [3.63, 3.8) is 0 Å². The third-order valence-corrected chi connectivity index (χ3v) is 3.93. The Morgan fingerprint density at radius 1 is 0.667 bits per heavy atom. The molecule has 0 saturated heterocycles. The lowest BCUT2D eigenvalue weighted by molar-refractivity contribution is -0.387. The molecule has 7 N–H and O–H groups in total. The summed E-state index contributed by atoms with van der Waals surface area (Å²) >= 11 is 0. The minimum absolute atomic E-state index is 0.0545. The Morgan fingerprint density at radius 3 is 1.29 bits per heavy atom. The number of nitro groups is 2. The van der Waals surface area contributed by atoms with Crippen LogP contribution in [0.5, 0.6) is 0 Å². The van der Waals surface area contributed by atoms with E-state index < -0.39 is 61.9 Å². The average Bonchev–Trinajstić information content (AvgIpc) is 2.89. The Morgan fingerprint density at radius 2 is 0.976 bits per heavy atom. The van der Waals surface area contributed by atoms with E-state index in [0.29, 0.717) is 18.7 Å². The van der Waals surface area contributed by atoms with Gasteiger partial charge in [0, 0.05) is 38.3 Å². The lowest BCUT2D eigenvalue weighted by atomic mass is 10.2. The van der Waals surface area contributed by atoms with Crippen LogP contribution in [0.3, 0.4) is 0 Å².